The van der Waals surface area contributed by atoms with Crippen LogP contribution in [-0.2, 0) is 14.3 Å². The number of rotatable bonds is 4. The van der Waals surface area contributed by atoms with Crippen LogP contribution in [0.4, 0.5) is 5.69 Å². The molecule has 2 saturated heterocycles. The van der Waals surface area contributed by atoms with Crippen molar-refractivity contribution in [1.82, 2.24) is 5.32 Å². The van der Waals surface area contributed by atoms with Crippen molar-refractivity contribution >= 4 is 55.3 Å². The van der Waals surface area contributed by atoms with E-state index in [1.807, 2.05) is 0 Å². The summed E-state index contributed by atoms with van der Waals surface area (Å²) in [5.74, 6) is -1.17. The number of hydrogen-bond acceptors (Lipinski definition) is 4. The minimum atomic E-state index is -0.303. The first-order valence-electron chi connectivity index (χ1n) is 9.61. The Morgan fingerprint density at radius 3 is 2.43 bits per heavy atom. The molecule has 5 atom stereocenters. The number of fused-ring (bicyclic) bond motifs is 1. The fraction of sp³-hybridized carbons (Fsp3) is 0.550. The number of benzene rings is 1. The van der Waals surface area contributed by atoms with E-state index in [0.29, 0.717) is 30.6 Å². The van der Waals surface area contributed by atoms with Crippen LogP contribution in [0.5, 0.6) is 0 Å². The van der Waals surface area contributed by atoms with Crippen LogP contribution in [0.2, 0.25) is 0 Å². The van der Waals surface area contributed by atoms with E-state index in [0.717, 1.165) is 19.4 Å². The van der Waals surface area contributed by atoms with Gasteiger partial charge in [0, 0.05) is 28.4 Å². The molecule has 0 aromatic heterocycles. The van der Waals surface area contributed by atoms with Gasteiger partial charge in [-0.25, -0.2) is 0 Å². The molecule has 1 aliphatic carbocycles. The van der Waals surface area contributed by atoms with Crippen LogP contribution in [0, 0.1) is 11.8 Å². The molecule has 0 unspecified atom stereocenters. The highest BCUT2D eigenvalue weighted by molar-refractivity contribution is 9.12. The van der Waals surface area contributed by atoms with Gasteiger partial charge in [0.1, 0.15) is 0 Å². The number of amides is 3. The molecule has 6 nitrogen and oxygen atoms in total. The smallest absolute Gasteiger partial charge is 0.251 e. The van der Waals surface area contributed by atoms with Gasteiger partial charge in [-0.15, -0.1) is 0 Å². The van der Waals surface area contributed by atoms with Gasteiger partial charge in [0.2, 0.25) is 11.8 Å². The molecule has 0 radical (unpaired) electrons. The summed E-state index contributed by atoms with van der Waals surface area (Å²) in [6.45, 7) is 1.20. The molecule has 3 aliphatic rings. The summed E-state index contributed by atoms with van der Waals surface area (Å²) in [5.41, 5.74) is 0.897. The minimum Gasteiger partial charge on any atom is -0.376 e. The highest BCUT2D eigenvalue weighted by atomic mass is 79.9. The average molecular weight is 514 g/mol. The van der Waals surface area contributed by atoms with Crippen molar-refractivity contribution in [2.75, 3.05) is 18.1 Å². The molecule has 3 amide bonds. The molecule has 1 N–H and O–H groups in total. The monoisotopic (exact) mass is 512 g/mol. The molecule has 0 spiro atoms. The fourth-order valence-corrected chi connectivity index (χ4v) is 5.49. The van der Waals surface area contributed by atoms with Gasteiger partial charge in [0.25, 0.3) is 5.91 Å². The van der Waals surface area contributed by atoms with Gasteiger partial charge in [-0.05, 0) is 43.9 Å². The van der Waals surface area contributed by atoms with Gasteiger partial charge in [0.15, 0.2) is 0 Å². The Labute approximate surface area is 180 Å². The minimum absolute atomic E-state index is 0.0615. The number of hydrogen-bond donors (Lipinski definition) is 1. The van der Waals surface area contributed by atoms with E-state index in [1.54, 1.807) is 24.3 Å². The lowest BCUT2D eigenvalue weighted by Gasteiger charge is -2.29. The first-order valence-corrected chi connectivity index (χ1v) is 11.4. The normalized spacial score (nSPS) is 32.5. The Morgan fingerprint density at radius 1 is 1.14 bits per heavy atom. The number of halogens is 2. The molecule has 150 valence electrons. The quantitative estimate of drug-likeness (QED) is 0.496. The predicted octanol–water partition coefficient (Wildman–Crippen LogP) is 3.02. The van der Waals surface area contributed by atoms with Crippen molar-refractivity contribution in [3.8, 4) is 0 Å². The Bertz CT molecular complexity index is 768. The Morgan fingerprint density at radius 2 is 1.82 bits per heavy atom. The number of carbonyl (C=O) groups excluding carboxylic acids is 3. The highest BCUT2D eigenvalue weighted by Gasteiger charge is 2.52. The summed E-state index contributed by atoms with van der Waals surface area (Å²) in [6, 6.07) is 6.73. The number of nitrogens with one attached hydrogen (secondary N) is 1. The van der Waals surface area contributed by atoms with Crippen LogP contribution in [0.15, 0.2) is 24.3 Å². The number of anilines is 1. The SMILES string of the molecule is O=C(NC[C@@H]1CCCO1)c1cccc(N2C(=O)[C@@H]3C[C@@H](Br)[C@@H](Br)C[C@H]3C2=O)c1. The summed E-state index contributed by atoms with van der Waals surface area (Å²) < 4.78 is 5.52. The molecular formula is C20H22Br2N2O4. The zero-order chi connectivity index (χ0) is 19.8. The number of carbonyl (C=O) groups is 3. The zero-order valence-corrected chi connectivity index (χ0v) is 18.4. The molecule has 4 rings (SSSR count). The van der Waals surface area contributed by atoms with Crippen LogP contribution in [-0.4, -0.2) is 46.6 Å². The molecule has 3 fully saturated rings. The van der Waals surface area contributed by atoms with Gasteiger partial charge in [0.05, 0.1) is 23.6 Å². The average Bonchev–Trinajstić information content (AvgIpc) is 3.28. The van der Waals surface area contributed by atoms with Gasteiger partial charge in [-0.1, -0.05) is 37.9 Å². The summed E-state index contributed by atoms with van der Waals surface area (Å²) in [7, 11) is 0. The highest BCUT2D eigenvalue weighted by Crippen LogP contribution is 2.44. The molecule has 2 aliphatic heterocycles. The third-order valence-corrected chi connectivity index (χ3v) is 8.53. The standard InChI is InChI=1S/C20H22Br2N2O4/c21-16-8-14-15(9-17(16)22)20(27)24(19(14)26)12-4-1-3-11(7-12)18(25)23-10-13-5-2-6-28-13/h1,3-4,7,13-17H,2,5-6,8-10H2,(H,23,25)/t13-,14+,15+,16-,17+/m0/s1. The predicted molar refractivity (Wildman–Crippen MR) is 112 cm³/mol. The maximum Gasteiger partial charge on any atom is 0.251 e. The van der Waals surface area contributed by atoms with E-state index < -0.39 is 0 Å². The van der Waals surface area contributed by atoms with E-state index in [2.05, 4.69) is 37.2 Å². The van der Waals surface area contributed by atoms with E-state index >= 15 is 0 Å². The van der Waals surface area contributed by atoms with Gasteiger partial charge in [-0.3, -0.25) is 19.3 Å². The van der Waals surface area contributed by atoms with E-state index in [1.165, 1.54) is 4.90 Å². The van der Waals surface area contributed by atoms with Crippen LogP contribution in [0.3, 0.4) is 0 Å². The lowest BCUT2D eigenvalue weighted by molar-refractivity contribution is -0.122. The topological polar surface area (TPSA) is 75.7 Å². The van der Waals surface area contributed by atoms with Crippen molar-refractivity contribution in [3.05, 3.63) is 29.8 Å². The Hall–Kier alpha value is -1.25. The molecule has 1 aromatic carbocycles. The lowest BCUT2D eigenvalue weighted by Crippen LogP contribution is -2.34. The number of ether oxygens (including phenoxy) is 1. The summed E-state index contributed by atoms with van der Waals surface area (Å²) in [4.78, 5) is 40.0. The van der Waals surface area contributed by atoms with Crippen molar-refractivity contribution in [1.29, 1.82) is 0 Å². The van der Waals surface area contributed by atoms with Crippen LogP contribution < -0.4 is 10.2 Å². The molecule has 0 bridgehead atoms. The van der Waals surface area contributed by atoms with Gasteiger partial charge in [-0.2, -0.15) is 0 Å². The zero-order valence-electron chi connectivity index (χ0n) is 15.3. The van der Waals surface area contributed by atoms with E-state index in [-0.39, 0.29) is 45.3 Å². The van der Waals surface area contributed by atoms with Gasteiger partial charge >= 0.3 is 0 Å². The number of nitrogens with zero attached hydrogens (tertiary/aromatic N) is 1. The summed E-state index contributed by atoms with van der Waals surface area (Å²) >= 11 is 7.19. The largest absolute Gasteiger partial charge is 0.376 e. The number of imide groups is 1. The first-order chi connectivity index (χ1) is 13.5. The Balaban J connectivity index is 1.50. The van der Waals surface area contributed by atoms with E-state index in [4.69, 9.17) is 4.74 Å². The summed E-state index contributed by atoms with van der Waals surface area (Å²) in [6.07, 6.45) is 3.28. The molecule has 1 saturated carbocycles. The van der Waals surface area contributed by atoms with Gasteiger partial charge < -0.3 is 10.1 Å². The third kappa shape index (κ3) is 3.78. The Kier molecular flexibility index (Phi) is 5.90. The van der Waals surface area contributed by atoms with E-state index in [9.17, 15) is 14.4 Å². The van der Waals surface area contributed by atoms with Crippen molar-refractivity contribution in [3.63, 3.8) is 0 Å². The molecular weight excluding hydrogens is 492 g/mol. The third-order valence-electron chi connectivity index (χ3n) is 5.79. The van der Waals surface area contributed by atoms with Crippen LogP contribution in [0.1, 0.15) is 36.0 Å². The summed E-state index contributed by atoms with van der Waals surface area (Å²) in [5, 5.41) is 2.88. The lowest BCUT2D eigenvalue weighted by atomic mass is 9.81. The molecule has 2 heterocycles. The molecule has 28 heavy (non-hydrogen) atoms. The maximum atomic E-state index is 12.9. The fourth-order valence-electron chi connectivity index (χ4n) is 4.25. The number of alkyl halides is 2. The van der Waals surface area contributed by atoms with Crippen LogP contribution >= 0.6 is 31.9 Å². The van der Waals surface area contributed by atoms with Crippen LogP contribution in [0.25, 0.3) is 0 Å². The van der Waals surface area contributed by atoms with Crippen molar-refractivity contribution in [2.45, 2.75) is 41.4 Å². The van der Waals surface area contributed by atoms with Crippen molar-refractivity contribution < 1.29 is 19.1 Å². The van der Waals surface area contributed by atoms with Crippen molar-refractivity contribution in [2.24, 2.45) is 11.8 Å². The molecule has 8 heteroatoms. The first kappa shape index (κ1) is 20.0. The second kappa shape index (κ2) is 8.24. The molecule has 1 aromatic rings. The second-order valence-electron chi connectivity index (χ2n) is 7.62. The maximum absolute atomic E-state index is 12.9. The second-order valence-corrected chi connectivity index (χ2v) is 9.98.